The Morgan fingerprint density at radius 3 is 2.68 bits per heavy atom. The van der Waals surface area contributed by atoms with Crippen molar-refractivity contribution in [2.24, 2.45) is 0 Å². The fourth-order valence-corrected chi connectivity index (χ4v) is 3.94. The van der Waals surface area contributed by atoms with Crippen LogP contribution in [0, 0.1) is 0 Å². The van der Waals surface area contributed by atoms with Crippen LogP contribution in [0.5, 0.6) is 11.5 Å². The Hall–Kier alpha value is -2.40. The molecule has 2 heterocycles. The second-order valence-electron chi connectivity index (χ2n) is 6.14. The van der Waals surface area contributed by atoms with Gasteiger partial charge in [-0.05, 0) is 56.0 Å². The molecule has 25 heavy (non-hydrogen) atoms. The van der Waals surface area contributed by atoms with Gasteiger partial charge in [-0.1, -0.05) is 6.07 Å². The molecule has 2 aromatic heterocycles. The van der Waals surface area contributed by atoms with E-state index in [1.807, 2.05) is 41.8 Å². The molecule has 1 aliphatic carbocycles. The first kappa shape index (κ1) is 16.1. The van der Waals surface area contributed by atoms with Gasteiger partial charge in [-0.25, -0.2) is 4.98 Å². The molecule has 128 valence electrons. The average molecular weight is 352 g/mol. The van der Waals surface area contributed by atoms with E-state index in [-0.39, 0.29) is 0 Å². The zero-order valence-electron chi connectivity index (χ0n) is 14.1. The summed E-state index contributed by atoms with van der Waals surface area (Å²) in [5.74, 6) is 1.58. The highest BCUT2D eigenvalue weighted by molar-refractivity contribution is 7.13. The summed E-state index contributed by atoms with van der Waals surface area (Å²) < 4.78 is 11.7. The van der Waals surface area contributed by atoms with Crippen LogP contribution in [0.3, 0.4) is 0 Å². The standard InChI is InChI=1S/C20H20N2O2S/c1-23-18-10-9-14(12-19(18)24-15-6-2-3-7-15)20-22-17(13-25-20)16-8-4-5-11-21-16/h4-5,8-13,15H,2-3,6-7H2,1H3. The smallest absolute Gasteiger partial charge is 0.162 e. The Bertz CT molecular complexity index is 842. The highest BCUT2D eigenvalue weighted by Crippen LogP contribution is 2.37. The summed E-state index contributed by atoms with van der Waals surface area (Å²) >= 11 is 1.61. The van der Waals surface area contributed by atoms with E-state index in [1.54, 1.807) is 24.6 Å². The molecule has 1 saturated carbocycles. The Labute approximate surface area is 151 Å². The molecule has 0 spiro atoms. The summed E-state index contributed by atoms with van der Waals surface area (Å²) in [6.07, 6.45) is 6.81. The van der Waals surface area contributed by atoms with Gasteiger partial charge >= 0.3 is 0 Å². The van der Waals surface area contributed by atoms with Gasteiger partial charge in [0.2, 0.25) is 0 Å². The van der Waals surface area contributed by atoms with Crippen LogP contribution in [0.4, 0.5) is 0 Å². The Morgan fingerprint density at radius 2 is 1.92 bits per heavy atom. The summed E-state index contributed by atoms with van der Waals surface area (Å²) in [5.41, 5.74) is 2.83. The van der Waals surface area contributed by atoms with Gasteiger partial charge < -0.3 is 9.47 Å². The number of benzene rings is 1. The van der Waals surface area contributed by atoms with Gasteiger partial charge in [0.1, 0.15) is 10.7 Å². The first-order chi connectivity index (χ1) is 12.3. The molecule has 4 rings (SSSR count). The van der Waals surface area contributed by atoms with Crippen molar-refractivity contribution in [3.05, 3.63) is 48.0 Å². The molecule has 1 fully saturated rings. The molecular weight excluding hydrogens is 332 g/mol. The largest absolute Gasteiger partial charge is 0.493 e. The van der Waals surface area contributed by atoms with Crippen molar-refractivity contribution >= 4 is 11.3 Å². The maximum absolute atomic E-state index is 6.19. The predicted octanol–water partition coefficient (Wildman–Crippen LogP) is 5.20. The molecule has 1 aliphatic rings. The molecule has 3 aromatic rings. The molecule has 1 aromatic carbocycles. The highest BCUT2D eigenvalue weighted by Gasteiger charge is 2.19. The molecular formula is C20H20N2O2S. The number of hydrogen-bond acceptors (Lipinski definition) is 5. The third-order valence-corrected chi connectivity index (χ3v) is 5.33. The molecule has 0 atom stereocenters. The van der Waals surface area contributed by atoms with Crippen LogP contribution in [-0.2, 0) is 0 Å². The normalized spacial score (nSPS) is 14.6. The summed E-state index contributed by atoms with van der Waals surface area (Å²) in [5, 5.41) is 3.00. The lowest BCUT2D eigenvalue weighted by atomic mass is 10.2. The maximum atomic E-state index is 6.19. The van der Waals surface area contributed by atoms with Gasteiger partial charge in [0.15, 0.2) is 11.5 Å². The van der Waals surface area contributed by atoms with Crippen LogP contribution in [0.1, 0.15) is 25.7 Å². The molecule has 4 nitrogen and oxygen atoms in total. The Morgan fingerprint density at radius 1 is 1.04 bits per heavy atom. The van der Waals surface area contributed by atoms with Crippen LogP contribution >= 0.6 is 11.3 Å². The molecule has 0 amide bonds. The molecule has 5 heteroatoms. The third-order valence-electron chi connectivity index (χ3n) is 4.44. The van der Waals surface area contributed by atoms with Gasteiger partial charge in [0, 0.05) is 17.1 Å². The van der Waals surface area contributed by atoms with Crippen LogP contribution in [-0.4, -0.2) is 23.2 Å². The Balaban J connectivity index is 1.63. The Kier molecular flexibility index (Phi) is 4.65. The SMILES string of the molecule is COc1ccc(-c2nc(-c3ccccn3)cs2)cc1OC1CCCC1. The van der Waals surface area contributed by atoms with E-state index in [2.05, 4.69) is 4.98 Å². The van der Waals surface area contributed by atoms with Gasteiger partial charge in [-0.2, -0.15) is 0 Å². The van der Waals surface area contributed by atoms with Crippen molar-refractivity contribution < 1.29 is 9.47 Å². The summed E-state index contributed by atoms with van der Waals surface area (Å²) in [6, 6.07) is 11.9. The first-order valence-corrected chi connectivity index (χ1v) is 9.43. The van der Waals surface area contributed by atoms with Crippen molar-refractivity contribution in [2.75, 3.05) is 7.11 Å². The number of nitrogens with zero attached hydrogens (tertiary/aromatic N) is 2. The summed E-state index contributed by atoms with van der Waals surface area (Å²) in [6.45, 7) is 0. The van der Waals surface area contributed by atoms with E-state index in [1.165, 1.54) is 12.8 Å². The van der Waals surface area contributed by atoms with Gasteiger partial charge in [-0.3, -0.25) is 4.98 Å². The first-order valence-electron chi connectivity index (χ1n) is 8.55. The van der Waals surface area contributed by atoms with E-state index >= 15 is 0 Å². The third kappa shape index (κ3) is 3.51. The van der Waals surface area contributed by atoms with Gasteiger partial charge in [0.05, 0.1) is 18.9 Å². The van der Waals surface area contributed by atoms with E-state index in [0.29, 0.717) is 6.10 Å². The molecule has 0 unspecified atom stereocenters. The number of ether oxygens (including phenoxy) is 2. The minimum Gasteiger partial charge on any atom is -0.493 e. The van der Waals surface area contributed by atoms with Crippen molar-refractivity contribution in [1.82, 2.24) is 9.97 Å². The lowest BCUT2D eigenvalue weighted by molar-refractivity contribution is 0.201. The number of methoxy groups -OCH3 is 1. The fourth-order valence-electron chi connectivity index (χ4n) is 3.13. The van der Waals surface area contributed by atoms with Crippen LogP contribution in [0.25, 0.3) is 22.0 Å². The van der Waals surface area contributed by atoms with E-state index < -0.39 is 0 Å². The highest BCUT2D eigenvalue weighted by atomic mass is 32.1. The topological polar surface area (TPSA) is 44.2 Å². The number of hydrogen-bond donors (Lipinski definition) is 0. The van der Waals surface area contributed by atoms with Crippen LogP contribution in [0.2, 0.25) is 0 Å². The van der Waals surface area contributed by atoms with Crippen molar-refractivity contribution in [3.63, 3.8) is 0 Å². The van der Waals surface area contributed by atoms with Crippen LogP contribution in [0.15, 0.2) is 48.0 Å². The summed E-state index contributed by atoms with van der Waals surface area (Å²) in [7, 11) is 1.68. The zero-order valence-corrected chi connectivity index (χ0v) is 15.0. The molecule has 0 N–H and O–H groups in total. The minimum atomic E-state index is 0.296. The lowest BCUT2D eigenvalue weighted by Gasteiger charge is -2.16. The predicted molar refractivity (Wildman–Crippen MR) is 100 cm³/mol. The quantitative estimate of drug-likeness (QED) is 0.633. The van der Waals surface area contributed by atoms with Gasteiger partial charge in [0.25, 0.3) is 0 Å². The molecule has 0 radical (unpaired) electrons. The van der Waals surface area contributed by atoms with E-state index in [0.717, 1.165) is 46.3 Å². The molecule has 0 bridgehead atoms. The van der Waals surface area contributed by atoms with Crippen LogP contribution < -0.4 is 9.47 Å². The zero-order chi connectivity index (χ0) is 17.1. The van der Waals surface area contributed by atoms with Crippen molar-refractivity contribution in [3.8, 4) is 33.5 Å². The van der Waals surface area contributed by atoms with Gasteiger partial charge in [-0.15, -0.1) is 11.3 Å². The minimum absolute atomic E-state index is 0.296. The molecule has 0 aliphatic heterocycles. The second kappa shape index (κ2) is 7.23. The number of thiazole rings is 1. The lowest BCUT2D eigenvalue weighted by Crippen LogP contribution is -2.11. The fraction of sp³-hybridized carbons (Fsp3) is 0.300. The second-order valence-corrected chi connectivity index (χ2v) is 7.00. The maximum Gasteiger partial charge on any atom is 0.162 e. The van der Waals surface area contributed by atoms with Crippen molar-refractivity contribution in [1.29, 1.82) is 0 Å². The number of pyridine rings is 1. The van der Waals surface area contributed by atoms with E-state index in [9.17, 15) is 0 Å². The number of aromatic nitrogens is 2. The van der Waals surface area contributed by atoms with Crippen molar-refractivity contribution in [2.45, 2.75) is 31.8 Å². The van der Waals surface area contributed by atoms with E-state index in [4.69, 9.17) is 14.5 Å². The monoisotopic (exact) mass is 352 g/mol. The average Bonchev–Trinajstić information content (AvgIpc) is 3.34. The molecule has 0 saturated heterocycles. The number of rotatable bonds is 5. The summed E-state index contributed by atoms with van der Waals surface area (Å²) in [4.78, 5) is 9.11.